The highest BCUT2D eigenvalue weighted by Gasteiger charge is 2.27. The number of halogens is 1. The number of nitrogens with zero attached hydrogens (tertiary/aromatic N) is 2. The van der Waals surface area contributed by atoms with Gasteiger partial charge in [-0.2, -0.15) is 0 Å². The Morgan fingerprint density at radius 1 is 0.868 bits per heavy atom. The molecule has 0 unspecified atom stereocenters. The number of piperidine rings is 2. The van der Waals surface area contributed by atoms with E-state index < -0.39 is 11.7 Å². The van der Waals surface area contributed by atoms with Gasteiger partial charge >= 0.3 is 0 Å². The highest BCUT2D eigenvalue weighted by molar-refractivity contribution is 6.06. The lowest BCUT2D eigenvalue weighted by Crippen LogP contribution is -2.40. The molecule has 0 spiro atoms. The van der Waals surface area contributed by atoms with Crippen molar-refractivity contribution in [2.24, 2.45) is 11.8 Å². The lowest BCUT2D eigenvalue weighted by atomic mass is 9.89. The molecule has 2 amide bonds. The summed E-state index contributed by atoms with van der Waals surface area (Å²) in [6.45, 7) is 5.51. The largest absolute Gasteiger partial charge is 0.371 e. The van der Waals surface area contributed by atoms with Gasteiger partial charge in [-0.25, -0.2) is 4.39 Å². The molecule has 0 aromatic heterocycles. The molecule has 0 bridgehead atoms. The summed E-state index contributed by atoms with van der Waals surface area (Å²) in [6.07, 6.45) is 5.23. The highest BCUT2D eigenvalue weighted by atomic mass is 19.1. The van der Waals surface area contributed by atoms with E-state index in [2.05, 4.69) is 47.5 Å². The molecule has 2 aliphatic rings. The van der Waals surface area contributed by atoms with E-state index in [9.17, 15) is 14.0 Å². The quantitative estimate of drug-likeness (QED) is 0.414. The van der Waals surface area contributed by atoms with Crippen molar-refractivity contribution in [3.63, 3.8) is 0 Å². The smallest absolute Gasteiger partial charge is 0.256 e. The van der Waals surface area contributed by atoms with Gasteiger partial charge in [0.2, 0.25) is 0 Å². The van der Waals surface area contributed by atoms with Gasteiger partial charge in [0.05, 0.1) is 5.56 Å². The zero-order valence-corrected chi connectivity index (χ0v) is 22.0. The van der Waals surface area contributed by atoms with E-state index in [1.807, 2.05) is 17.0 Å². The maximum atomic E-state index is 13.8. The Morgan fingerprint density at radius 3 is 2.32 bits per heavy atom. The van der Waals surface area contributed by atoms with Crippen LogP contribution < -0.4 is 10.2 Å². The fourth-order valence-electron chi connectivity index (χ4n) is 5.60. The summed E-state index contributed by atoms with van der Waals surface area (Å²) in [6, 6.07) is 21.8. The number of anilines is 2. The maximum absolute atomic E-state index is 13.8. The van der Waals surface area contributed by atoms with Crippen molar-refractivity contribution in [1.29, 1.82) is 0 Å². The molecule has 0 atom stereocenters. The van der Waals surface area contributed by atoms with Crippen molar-refractivity contribution in [2.45, 2.75) is 39.0 Å². The van der Waals surface area contributed by atoms with E-state index in [1.165, 1.54) is 23.8 Å². The number of amides is 2. The third kappa shape index (κ3) is 6.24. The number of benzene rings is 3. The lowest BCUT2D eigenvalue weighted by molar-refractivity contribution is 0.0697. The van der Waals surface area contributed by atoms with Crippen LogP contribution in [0.3, 0.4) is 0 Å². The number of nitrogens with one attached hydrogen (secondary N) is 1. The predicted octanol–water partition coefficient (Wildman–Crippen LogP) is 6.41. The van der Waals surface area contributed by atoms with Crippen molar-refractivity contribution < 1.29 is 14.0 Å². The molecular weight excluding hydrogens is 477 g/mol. The minimum Gasteiger partial charge on any atom is -0.371 e. The van der Waals surface area contributed by atoms with Gasteiger partial charge in [-0.05, 0) is 85.9 Å². The van der Waals surface area contributed by atoms with Crippen LogP contribution in [0, 0.1) is 17.7 Å². The molecule has 2 aliphatic heterocycles. The SMILES string of the molecule is CC1CCN(C(=O)c2cc(NC(=O)c3cccc(F)c3)ccc2N2CCC(Cc3ccccc3)CC2)CC1. The van der Waals surface area contributed by atoms with Crippen LogP contribution in [0.1, 0.15) is 58.9 Å². The molecular formula is C32H36FN3O2. The van der Waals surface area contributed by atoms with Gasteiger partial charge in [-0.15, -0.1) is 0 Å². The number of hydrogen-bond acceptors (Lipinski definition) is 3. The van der Waals surface area contributed by atoms with Crippen LogP contribution in [0.15, 0.2) is 72.8 Å². The molecule has 0 aliphatic carbocycles. The van der Waals surface area contributed by atoms with Crippen molar-refractivity contribution in [2.75, 3.05) is 36.4 Å². The molecule has 0 saturated carbocycles. The molecule has 2 heterocycles. The van der Waals surface area contributed by atoms with Gasteiger partial charge in [0.1, 0.15) is 5.82 Å². The van der Waals surface area contributed by atoms with Crippen LogP contribution in [0.25, 0.3) is 0 Å². The molecule has 1 N–H and O–H groups in total. The molecule has 0 radical (unpaired) electrons. The number of rotatable bonds is 6. The molecule has 2 saturated heterocycles. The van der Waals surface area contributed by atoms with E-state index >= 15 is 0 Å². The molecule has 3 aromatic rings. The van der Waals surface area contributed by atoms with Gasteiger partial charge < -0.3 is 15.1 Å². The molecule has 38 heavy (non-hydrogen) atoms. The third-order valence-corrected chi connectivity index (χ3v) is 7.96. The maximum Gasteiger partial charge on any atom is 0.256 e. The second kappa shape index (κ2) is 11.8. The van der Waals surface area contributed by atoms with Gasteiger partial charge in [-0.1, -0.05) is 43.3 Å². The lowest BCUT2D eigenvalue weighted by Gasteiger charge is -2.36. The fourth-order valence-corrected chi connectivity index (χ4v) is 5.60. The van der Waals surface area contributed by atoms with Crippen LogP contribution in [-0.2, 0) is 6.42 Å². The van der Waals surface area contributed by atoms with Crippen LogP contribution in [0.2, 0.25) is 0 Å². The standard InChI is InChI=1S/C32H36FN3O2/c1-23-12-16-36(17-13-23)32(38)29-22-28(34-31(37)26-8-5-9-27(33)21-26)10-11-30(29)35-18-14-25(15-19-35)20-24-6-3-2-4-7-24/h2-11,21-23,25H,12-20H2,1H3,(H,34,37). The molecule has 6 heteroatoms. The Labute approximate surface area is 224 Å². The topological polar surface area (TPSA) is 52.7 Å². The third-order valence-electron chi connectivity index (χ3n) is 7.96. The minimum absolute atomic E-state index is 0.0140. The van der Waals surface area contributed by atoms with E-state index in [-0.39, 0.29) is 11.5 Å². The van der Waals surface area contributed by atoms with Crippen molar-refractivity contribution in [3.8, 4) is 0 Å². The Balaban J connectivity index is 1.35. The predicted molar refractivity (Wildman–Crippen MR) is 150 cm³/mol. The summed E-state index contributed by atoms with van der Waals surface area (Å²) in [4.78, 5) is 30.8. The van der Waals surface area contributed by atoms with Crippen LogP contribution in [0.5, 0.6) is 0 Å². The first-order valence-corrected chi connectivity index (χ1v) is 13.8. The monoisotopic (exact) mass is 513 g/mol. The molecule has 5 nitrogen and oxygen atoms in total. The Hall–Kier alpha value is -3.67. The minimum atomic E-state index is -0.459. The second-order valence-corrected chi connectivity index (χ2v) is 10.8. The summed E-state index contributed by atoms with van der Waals surface area (Å²) in [5.74, 6) is 0.406. The van der Waals surface area contributed by atoms with Gasteiger partial charge in [0.25, 0.3) is 11.8 Å². The summed E-state index contributed by atoms with van der Waals surface area (Å²) >= 11 is 0. The fraction of sp³-hybridized carbons (Fsp3) is 0.375. The highest BCUT2D eigenvalue weighted by Crippen LogP contribution is 2.32. The number of hydrogen-bond donors (Lipinski definition) is 1. The first kappa shape index (κ1) is 26.0. The van der Waals surface area contributed by atoms with Crippen LogP contribution >= 0.6 is 0 Å². The van der Waals surface area contributed by atoms with Crippen molar-refractivity contribution >= 4 is 23.2 Å². The molecule has 5 rings (SSSR count). The number of likely N-dealkylation sites (tertiary alicyclic amines) is 1. The van der Waals surface area contributed by atoms with Crippen molar-refractivity contribution in [3.05, 3.63) is 95.3 Å². The first-order valence-electron chi connectivity index (χ1n) is 13.8. The first-order chi connectivity index (χ1) is 18.5. The summed E-state index contributed by atoms with van der Waals surface area (Å²) in [5, 5.41) is 2.86. The Morgan fingerprint density at radius 2 is 1.61 bits per heavy atom. The summed E-state index contributed by atoms with van der Waals surface area (Å²) < 4.78 is 13.6. The van der Waals surface area contributed by atoms with Crippen molar-refractivity contribution in [1.82, 2.24) is 4.90 Å². The zero-order chi connectivity index (χ0) is 26.5. The average Bonchev–Trinajstić information content (AvgIpc) is 2.94. The number of carbonyl (C=O) groups is 2. The summed E-state index contributed by atoms with van der Waals surface area (Å²) in [7, 11) is 0. The zero-order valence-electron chi connectivity index (χ0n) is 22.0. The Kier molecular flexibility index (Phi) is 8.06. The van der Waals surface area contributed by atoms with Gasteiger partial charge in [-0.3, -0.25) is 9.59 Å². The van der Waals surface area contributed by atoms with E-state index in [1.54, 1.807) is 12.1 Å². The Bertz CT molecular complexity index is 1260. The molecule has 198 valence electrons. The normalized spacial score (nSPS) is 16.9. The van der Waals surface area contributed by atoms with E-state index in [4.69, 9.17) is 0 Å². The van der Waals surface area contributed by atoms with Crippen LogP contribution in [-0.4, -0.2) is 42.9 Å². The van der Waals surface area contributed by atoms with E-state index in [0.29, 0.717) is 23.1 Å². The molecule has 3 aromatic carbocycles. The van der Waals surface area contributed by atoms with E-state index in [0.717, 1.165) is 64.0 Å². The van der Waals surface area contributed by atoms with Crippen LogP contribution in [0.4, 0.5) is 15.8 Å². The number of carbonyl (C=O) groups excluding carboxylic acids is 2. The van der Waals surface area contributed by atoms with Gasteiger partial charge in [0, 0.05) is 43.1 Å². The average molecular weight is 514 g/mol. The summed E-state index contributed by atoms with van der Waals surface area (Å²) in [5.41, 5.74) is 3.70. The molecule has 2 fully saturated rings. The van der Waals surface area contributed by atoms with Gasteiger partial charge in [0.15, 0.2) is 0 Å². The second-order valence-electron chi connectivity index (χ2n) is 10.8.